The molecule has 0 saturated heterocycles. The van der Waals surface area contributed by atoms with E-state index < -0.39 is 10.1 Å². The fourth-order valence-electron chi connectivity index (χ4n) is 1.74. The molecule has 0 aromatic heterocycles. The topological polar surface area (TPSA) is 92.4 Å². The third-order valence-electron chi connectivity index (χ3n) is 2.42. The Hall–Kier alpha value is -0.700. The molecule has 0 heterocycles. The van der Waals surface area contributed by atoms with Crippen molar-refractivity contribution in [2.24, 2.45) is 5.73 Å². The molecule has 0 unspecified atom stereocenters. The van der Waals surface area contributed by atoms with Gasteiger partial charge in [0.15, 0.2) is 5.11 Å². The first-order valence-corrected chi connectivity index (χ1v) is 6.80. The second-order valence-corrected chi connectivity index (χ2v) is 5.45. The SMILES string of the molecule is NC(=S)Nc1ccc(S(=O)(=O)O)c2ccccc12.[Na+]. The normalized spacial score (nSPS) is 10.8. The summed E-state index contributed by atoms with van der Waals surface area (Å²) in [4.78, 5) is -0.147. The minimum absolute atomic E-state index is 0. The van der Waals surface area contributed by atoms with Gasteiger partial charge in [0.25, 0.3) is 10.1 Å². The Bertz CT molecular complexity index is 732. The number of thiocarbonyl (C=S) groups is 1. The molecule has 2 aromatic carbocycles. The van der Waals surface area contributed by atoms with Gasteiger partial charge in [0, 0.05) is 16.5 Å². The summed E-state index contributed by atoms with van der Waals surface area (Å²) >= 11 is 4.75. The van der Waals surface area contributed by atoms with Crippen LogP contribution in [0.3, 0.4) is 0 Å². The van der Waals surface area contributed by atoms with Crippen LogP contribution in [0.15, 0.2) is 41.3 Å². The summed E-state index contributed by atoms with van der Waals surface area (Å²) in [7, 11) is -4.27. The van der Waals surface area contributed by atoms with Gasteiger partial charge >= 0.3 is 29.6 Å². The van der Waals surface area contributed by atoms with Gasteiger partial charge in [-0.2, -0.15) is 8.42 Å². The Labute approximate surface area is 138 Å². The van der Waals surface area contributed by atoms with Crippen LogP contribution in [0.1, 0.15) is 0 Å². The number of hydrogen-bond acceptors (Lipinski definition) is 3. The van der Waals surface area contributed by atoms with Crippen molar-refractivity contribution in [2.45, 2.75) is 4.90 Å². The van der Waals surface area contributed by atoms with Gasteiger partial charge in [0.05, 0.1) is 0 Å². The average Bonchev–Trinajstić information content (AvgIpc) is 2.27. The zero-order chi connectivity index (χ0) is 13.3. The standard InChI is InChI=1S/C11H10N2O3S2.Na/c12-11(17)13-9-5-6-10(18(14,15)16)8-4-2-1-3-7(8)9;/h1-6H,(H3,12,13,17)(H,14,15,16);/q;+1. The van der Waals surface area contributed by atoms with Crippen molar-refractivity contribution < 1.29 is 42.5 Å². The number of hydrogen-bond donors (Lipinski definition) is 3. The van der Waals surface area contributed by atoms with E-state index >= 15 is 0 Å². The largest absolute Gasteiger partial charge is 1.00 e. The molecule has 0 radical (unpaired) electrons. The van der Waals surface area contributed by atoms with Gasteiger partial charge in [-0.05, 0) is 24.4 Å². The number of fused-ring (bicyclic) bond motifs is 1. The van der Waals surface area contributed by atoms with Crippen LogP contribution in [0.25, 0.3) is 10.8 Å². The van der Waals surface area contributed by atoms with E-state index in [0.717, 1.165) is 0 Å². The van der Waals surface area contributed by atoms with Gasteiger partial charge in [0.1, 0.15) is 4.90 Å². The van der Waals surface area contributed by atoms with E-state index in [4.69, 9.17) is 22.5 Å². The molecular formula is C11H10N2NaO3S2+. The minimum atomic E-state index is -4.27. The van der Waals surface area contributed by atoms with Crippen molar-refractivity contribution in [1.29, 1.82) is 0 Å². The molecule has 0 aliphatic rings. The molecule has 0 bridgehead atoms. The third-order valence-corrected chi connectivity index (χ3v) is 3.43. The molecule has 0 atom stereocenters. The van der Waals surface area contributed by atoms with Crippen molar-refractivity contribution in [2.75, 3.05) is 5.32 Å². The van der Waals surface area contributed by atoms with Crippen LogP contribution < -0.4 is 40.6 Å². The summed E-state index contributed by atoms with van der Waals surface area (Å²) in [6, 6.07) is 9.55. The van der Waals surface area contributed by atoms with Crippen LogP contribution in [0.5, 0.6) is 0 Å². The fraction of sp³-hybridized carbons (Fsp3) is 0. The van der Waals surface area contributed by atoms with Crippen LogP contribution >= 0.6 is 12.2 Å². The van der Waals surface area contributed by atoms with Gasteiger partial charge in [-0.3, -0.25) is 4.55 Å². The number of anilines is 1. The van der Waals surface area contributed by atoms with Gasteiger partial charge < -0.3 is 11.1 Å². The van der Waals surface area contributed by atoms with Crippen molar-refractivity contribution in [3.8, 4) is 0 Å². The first-order valence-electron chi connectivity index (χ1n) is 4.95. The van der Waals surface area contributed by atoms with Crippen molar-refractivity contribution in [3.63, 3.8) is 0 Å². The number of nitrogens with two attached hydrogens (primary N) is 1. The van der Waals surface area contributed by atoms with Crippen LogP contribution in [-0.2, 0) is 10.1 Å². The van der Waals surface area contributed by atoms with Gasteiger partial charge in [-0.25, -0.2) is 0 Å². The summed E-state index contributed by atoms with van der Waals surface area (Å²) in [6.07, 6.45) is 0. The zero-order valence-corrected chi connectivity index (χ0v) is 13.8. The molecule has 0 aliphatic carbocycles. The molecular weight excluding hydrogens is 295 g/mol. The Morgan fingerprint density at radius 2 is 1.74 bits per heavy atom. The van der Waals surface area contributed by atoms with Crippen LogP contribution in [0.4, 0.5) is 5.69 Å². The second-order valence-electron chi connectivity index (χ2n) is 3.62. The summed E-state index contributed by atoms with van der Waals surface area (Å²) in [5, 5.41) is 3.86. The molecule has 94 valence electrons. The smallest absolute Gasteiger partial charge is 0.376 e. The monoisotopic (exact) mass is 305 g/mol. The van der Waals surface area contributed by atoms with Gasteiger partial charge in [0.2, 0.25) is 0 Å². The predicted octanol–water partition coefficient (Wildman–Crippen LogP) is -1.25. The van der Waals surface area contributed by atoms with Crippen molar-refractivity contribution in [1.82, 2.24) is 0 Å². The molecule has 2 rings (SSSR count). The van der Waals surface area contributed by atoms with E-state index in [1.165, 1.54) is 12.1 Å². The molecule has 0 amide bonds. The molecule has 0 spiro atoms. The Morgan fingerprint density at radius 3 is 2.26 bits per heavy atom. The third kappa shape index (κ3) is 3.65. The van der Waals surface area contributed by atoms with E-state index in [1.54, 1.807) is 24.3 Å². The van der Waals surface area contributed by atoms with Crippen molar-refractivity contribution in [3.05, 3.63) is 36.4 Å². The van der Waals surface area contributed by atoms with Crippen molar-refractivity contribution >= 4 is 43.9 Å². The maximum Gasteiger partial charge on any atom is 1.00 e. The summed E-state index contributed by atoms with van der Waals surface area (Å²) in [5.41, 5.74) is 5.98. The van der Waals surface area contributed by atoms with E-state index in [-0.39, 0.29) is 39.6 Å². The summed E-state index contributed by atoms with van der Waals surface area (Å²) in [6.45, 7) is 0. The van der Waals surface area contributed by atoms with E-state index in [2.05, 4.69) is 5.32 Å². The van der Waals surface area contributed by atoms with Crippen LogP contribution in [-0.4, -0.2) is 18.1 Å². The Morgan fingerprint density at radius 1 is 1.16 bits per heavy atom. The molecule has 4 N–H and O–H groups in total. The van der Waals surface area contributed by atoms with E-state index in [0.29, 0.717) is 16.5 Å². The summed E-state index contributed by atoms with van der Waals surface area (Å²) in [5.74, 6) is 0. The summed E-state index contributed by atoms with van der Waals surface area (Å²) < 4.78 is 31.7. The predicted molar refractivity (Wildman–Crippen MR) is 74.2 cm³/mol. The van der Waals surface area contributed by atoms with E-state index in [9.17, 15) is 8.42 Å². The number of benzene rings is 2. The van der Waals surface area contributed by atoms with Gasteiger partial charge in [-0.1, -0.05) is 24.3 Å². The quantitative estimate of drug-likeness (QED) is 0.365. The Kier molecular flexibility index (Phi) is 5.31. The van der Waals surface area contributed by atoms with E-state index in [1.807, 2.05) is 0 Å². The van der Waals surface area contributed by atoms with Crippen LogP contribution in [0.2, 0.25) is 0 Å². The molecule has 0 aliphatic heterocycles. The number of rotatable bonds is 2. The minimum Gasteiger partial charge on any atom is -0.376 e. The molecule has 5 nitrogen and oxygen atoms in total. The maximum atomic E-state index is 11.3. The first-order chi connectivity index (χ1) is 8.39. The molecule has 0 fully saturated rings. The number of nitrogens with one attached hydrogen (secondary N) is 1. The Balaban J connectivity index is 0.00000180. The van der Waals surface area contributed by atoms with Gasteiger partial charge in [-0.15, -0.1) is 0 Å². The molecule has 19 heavy (non-hydrogen) atoms. The van der Waals surface area contributed by atoms with Crippen LogP contribution in [0, 0.1) is 0 Å². The molecule has 8 heteroatoms. The molecule has 0 saturated carbocycles. The fourth-order valence-corrected chi connectivity index (χ4v) is 2.54. The maximum absolute atomic E-state index is 11.3. The zero-order valence-electron chi connectivity index (χ0n) is 10.1. The second kappa shape index (κ2) is 6.17. The molecule has 2 aromatic rings. The first kappa shape index (κ1) is 16.4. The average molecular weight is 305 g/mol.